The monoisotopic (exact) mass is 219 g/mol. The lowest BCUT2D eigenvalue weighted by atomic mass is 10.2. The fraction of sp³-hybridized carbons (Fsp3) is 0.100. The molecule has 0 saturated heterocycles. The molecule has 0 fully saturated rings. The van der Waals surface area contributed by atoms with Gasteiger partial charge < -0.3 is 0 Å². The first-order valence-electron chi connectivity index (χ1n) is 4.22. The number of nitriles is 1. The number of fused-ring (bicyclic) bond motifs is 1. The predicted molar refractivity (Wildman–Crippen MR) is 55.8 cm³/mol. The maximum absolute atomic E-state index is 11.2. The lowest BCUT2D eigenvalue weighted by Crippen LogP contribution is -2.06. The Balaban J connectivity index is 2.83. The van der Waals surface area contributed by atoms with Gasteiger partial charge in [-0.1, -0.05) is 11.6 Å². The number of rotatable bonds is 0. The smallest absolute Gasteiger partial charge is 0.244 e. The Labute approximate surface area is 90.7 Å². The predicted octanol–water partition coefficient (Wildman–Crippen LogP) is 2.22. The molecule has 74 valence electrons. The largest absolute Gasteiger partial charge is 0.273 e. The van der Waals surface area contributed by atoms with Crippen LogP contribution >= 0.6 is 11.6 Å². The maximum atomic E-state index is 11.2. The van der Waals surface area contributed by atoms with Crippen LogP contribution in [0, 0.1) is 11.3 Å². The first-order chi connectivity index (χ1) is 7.15. The summed E-state index contributed by atoms with van der Waals surface area (Å²) >= 11 is 5.97. The average Bonchev–Trinajstić information content (AvgIpc) is 2.62. The molecule has 0 aliphatic heterocycles. The van der Waals surface area contributed by atoms with E-state index >= 15 is 0 Å². The summed E-state index contributed by atoms with van der Waals surface area (Å²) in [6, 6.07) is 5.21. The first-order valence-corrected chi connectivity index (χ1v) is 4.60. The Morgan fingerprint density at radius 3 is 2.93 bits per heavy atom. The molecule has 0 aliphatic rings. The summed E-state index contributed by atoms with van der Waals surface area (Å²) in [6.45, 7) is 1.42. The molecule has 0 amide bonds. The summed E-state index contributed by atoms with van der Waals surface area (Å²) in [5.74, 6) is -0.189. The molecule has 0 saturated carbocycles. The van der Waals surface area contributed by atoms with Gasteiger partial charge in [-0.15, -0.1) is 0 Å². The van der Waals surface area contributed by atoms with Gasteiger partial charge in [-0.3, -0.25) is 4.79 Å². The third-order valence-corrected chi connectivity index (χ3v) is 2.51. The Morgan fingerprint density at radius 2 is 2.33 bits per heavy atom. The number of carbonyl (C=O) groups is 1. The molecular formula is C10H6ClN3O. The van der Waals surface area contributed by atoms with Crippen LogP contribution in [0.3, 0.4) is 0 Å². The van der Waals surface area contributed by atoms with E-state index in [1.807, 2.05) is 6.07 Å². The van der Waals surface area contributed by atoms with Gasteiger partial charge in [0.15, 0.2) is 0 Å². The molecule has 0 aliphatic carbocycles. The van der Waals surface area contributed by atoms with Crippen LogP contribution in [0.5, 0.6) is 0 Å². The van der Waals surface area contributed by atoms with E-state index in [1.165, 1.54) is 17.8 Å². The van der Waals surface area contributed by atoms with E-state index in [1.54, 1.807) is 12.1 Å². The van der Waals surface area contributed by atoms with Crippen molar-refractivity contribution < 1.29 is 4.79 Å². The number of hydrogen-bond acceptors (Lipinski definition) is 3. The molecule has 2 aromatic rings. The van der Waals surface area contributed by atoms with Crippen LogP contribution in [0.1, 0.15) is 17.3 Å². The van der Waals surface area contributed by atoms with Crippen molar-refractivity contribution in [1.82, 2.24) is 9.78 Å². The molecule has 1 aromatic carbocycles. The molecule has 4 nitrogen and oxygen atoms in total. The molecule has 5 heteroatoms. The van der Waals surface area contributed by atoms with Gasteiger partial charge in [0.1, 0.15) is 6.07 Å². The zero-order valence-electron chi connectivity index (χ0n) is 7.86. The quantitative estimate of drug-likeness (QED) is 0.683. The molecule has 0 bridgehead atoms. The van der Waals surface area contributed by atoms with Crippen LogP contribution in [-0.2, 0) is 0 Å². The van der Waals surface area contributed by atoms with Gasteiger partial charge >= 0.3 is 0 Å². The molecule has 0 atom stereocenters. The van der Waals surface area contributed by atoms with Gasteiger partial charge in [-0.05, 0) is 12.1 Å². The first kappa shape index (κ1) is 9.69. The van der Waals surface area contributed by atoms with Crippen molar-refractivity contribution in [3.05, 3.63) is 28.9 Å². The van der Waals surface area contributed by atoms with Gasteiger partial charge in [-0.25, -0.2) is 4.68 Å². The van der Waals surface area contributed by atoms with Gasteiger partial charge in [0.25, 0.3) is 0 Å². The van der Waals surface area contributed by atoms with Gasteiger partial charge in [0.05, 0.1) is 22.3 Å². The van der Waals surface area contributed by atoms with E-state index in [-0.39, 0.29) is 5.91 Å². The summed E-state index contributed by atoms with van der Waals surface area (Å²) in [7, 11) is 0. The Bertz CT molecular complexity index is 594. The van der Waals surface area contributed by atoms with Crippen molar-refractivity contribution in [1.29, 1.82) is 5.26 Å². The number of aromatic nitrogens is 2. The van der Waals surface area contributed by atoms with Crippen molar-refractivity contribution in [3.8, 4) is 6.07 Å². The Hall–Kier alpha value is -1.86. The highest BCUT2D eigenvalue weighted by molar-refractivity contribution is 6.36. The lowest BCUT2D eigenvalue weighted by molar-refractivity contribution is 0.0927. The molecule has 15 heavy (non-hydrogen) atoms. The third-order valence-electron chi connectivity index (χ3n) is 2.11. The van der Waals surface area contributed by atoms with Crippen LogP contribution in [0.15, 0.2) is 18.3 Å². The molecule has 0 unspecified atom stereocenters. The topological polar surface area (TPSA) is 58.7 Å². The van der Waals surface area contributed by atoms with Crippen molar-refractivity contribution in [2.45, 2.75) is 6.92 Å². The van der Waals surface area contributed by atoms with Crippen molar-refractivity contribution in [2.75, 3.05) is 0 Å². The summed E-state index contributed by atoms with van der Waals surface area (Å²) in [4.78, 5) is 11.2. The SMILES string of the molecule is CC(=O)n1ncc2c(Cl)c(C#N)ccc21. The zero-order valence-corrected chi connectivity index (χ0v) is 8.62. The standard InChI is InChI=1S/C10H6ClN3O/c1-6(15)14-9-3-2-7(4-12)10(11)8(9)5-13-14/h2-3,5H,1H3. The number of carbonyl (C=O) groups excluding carboxylic acids is 1. The fourth-order valence-electron chi connectivity index (χ4n) is 1.41. The van der Waals surface area contributed by atoms with Gasteiger partial charge in [0.2, 0.25) is 5.91 Å². The fourth-order valence-corrected chi connectivity index (χ4v) is 1.66. The zero-order chi connectivity index (χ0) is 11.0. The summed E-state index contributed by atoms with van der Waals surface area (Å²) in [5, 5.41) is 13.6. The number of benzene rings is 1. The van der Waals surface area contributed by atoms with Crippen molar-refractivity contribution in [2.24, 2.45) is 0 Å². The minimum Gasteiger partial charge on any atom is -0.273 e. The number of hydrogen-bond donors (Lipinski definition) is 0. The van der Waals surface area contributed by atoms with Crippen LogP contribution in [0.4, 0.5) is 0 Å². The van der Waals surface area contributed by atoms with E-state index in [2.05, 4.69) is 5.10 Å². The molecule has 0 N–H and O–H groups in total. The summed E-state index contributed by atoms with van der Waals surface area (Å²) < 4.78 is 1.25. The molecule has 0 spiro atoms. The second kappa shape index (κ2) is 3.37. The third kappa shape index (κ3) is 1.37. The van der Waals surface area contributed by atoms with Crippen LogP contribution in [-0.4, -0.2) is 15.7 Å². The van der Waals surface area contributed by atoms with Crippen LogP contribution in [0.25, 0.3) is 10.9 Å². The minimum absolute atomic E-state index is 0.189. The van der Waals surface area contributed by atoms with Gasteiger partial charge in [-0.2, -0.15) is 10.4 Å². The molecular weight excluding hydrogens is 214 g/mol. The molecule has 1 heterocycles. The van der Waals surface area contributed by atoms with E-state index in [4.69, 9.17) is 16.9 Å². The number of halogens is 1. The van der Waals surface area contributed by atoms with Crippen LogP contribution < -0.4 is 0 Å². The van der Waals surface area contributed by atoms with E-state index < -0.39 is 0 Å². The van der Waals surface area contributed by atoms with Gasteiger partial charge in [0, 0.05) is 12.3 Å². The highest BCUT2D eigenvalue weighted by Gasteiger charge is 2.11. The van der Waals surface area contributed by atoms with E-state index in [0.717, 1.165) is 0 Å². The second-order valence-corrected chi connectivity index (χ2v) is 3.43. The Kier molecular flexibility index (Phi) is 2.18. The molecule has 2 rings (SSSR count). The highest BCUT2D eigenvalue weighted by Crippen LogP contribution is 2.26. The van der Waals surface area contributed by atoms with Crippen molar-refractivity contribution in [3.63, 3.8) is 0 Å². The second-order valence-electron chi connectivity index (χ2n) is 3.05. The van der Waals surface area contributed by atoms with E-state index in [9.17, 15) is 4.79 Å². The Morgan fingerprint density at radius 1 is 1.60 bits per heavy atom. The normalized spacial score (nSPS) is 10.2. The van der Waals surface area contributed by atoms with E-state index in [0.29, 0.717) is 21.5 Å². The maximum Gasteiger partial charge on any atom is 0.244 e. The average molecular weight is 220 g/mol. The minimum atomic E-state index is -0.189. The summed E-state index contributed by atoms with van der Waals surface area (Å²) in [6.07, 6.45) is 1.49. The molecule has 0 radical (unpaired) electrons. The van der Waals surface area contributed by atoms with Crippen molar-refractivity contribution >= 4 is 28.4 Å². The van der Waals surface area contributed by atoms with Crippen LogP contribution in [0.2, 0.25) is 5.02 Å². The highest BCUT2D eigenvalue weighted by atomic mass is 35.5. The number of nitrogens with zero attached hydrogens (tertiary/aromatic N) is 3. The lowest BCUT2D eigenvalue weighted by Gasteiger charge is -1.98. The molecule has 1 aromatic heterocycles. The summed E-state index contributed by atoms with van der Waals surface area (Å²) in [5.41, 5.74) is 0.999.